The molecule has 2 N–H and O–H groups in total. The van der Waals surface area contributed by atoms with Gasteiger partial charge in [-0.3, -0.25) is 9.59 Å². The maximum absolute atomic E-state index is 13.3. The molecular formula is C29H38O7. The van der Waals surface area contributed by atoms with Crippen LogP contribution in [0.4, 0.5) is 0 Å². The van der Waals surface area contributed by atoms with Gasteiger partial charge in [-0.15, -0.1) is 0 Å². The molecule has 0 radical (unpaired) electrons. The average Bonchev–Trinajstić information content (AvgIpc) is 2.87. The fourth-order valence-corrected chi connectivity index (χ4v) is 5.24. The van der Waals surface area contributed by atoms with Crippen LogP contribution < -0.4 is 9.47 Å². The van der Waals surface area contributed by atoms with Gasteiger partial charge in [0.25, 0.3) is 0 Å². The molecule has 36 heavy (non-hydrogen) atoms. The molecule has 0 aliphatic heterocycles. The van der Waals surface area contributed by atoms with E-state index in [9.17, 15) is 19.8 Å². The Morgan fingerprint density at radius 1 is 0.917 bits per heavy atom. The number of methoxy groups -OCH3 is 2. The predicted molar refractivity (Wildman–Crippen MR) is 137 cm³/mol. The summed E-state index contributed by atoms with van der Waals surface area (Å²) in [4.78, 5) is 25.1. The molecule has 0 bridgehead atoms. The predicted octanol–water partition coefficient (Wildman–Crippen LogP) is 5.69. The summed E-state index contributed by atoms with van der Waals surface area (Å²) in [6, 6.07) is 10.5. The van der Waals surface area contributed by atoms with Crippen molar-refractivity contribution in [3.05, 3.63) is 47.5 Å². The van der Waals surface area contributed by atoms with Gasteiger partial charge in [-0.2, -0.15) is 0 Å². The standard InChI is InChI=1S/C29H38O7/c1-19(30)36-24(12-9-20-10-13-26(32)28(15-20)34-2)17-23(31)18-25(21-7-5-4-6-8-21)22-11-14-27(33)29(16-22)35-3/h10-11,13-16,21,24-25,32-33H,4-9,12,17-18H2,1-3H3/t24-,25-/m1/s1. The van der Waals surface area contributed by atoms with Gasteiger partial charge >= 0.3 is 5.97 Å². The maximum atomic E-state index is 13.3. The van der Waals surface area contributed by atoms with Crippen molar-refractivity contribution >= 4 is 11.8 Å². The number of hydrogen-bond acceptors (Lipinski definition) is 7. The van der Waals surface area contributed by atoms with E-state index in [0.717, 1.165) is 36.8 Å². The number of benzene rings is 2. The van der Waals surface area contributed by atoms with Gasteiger partial charge in [0.15, 0.2) is 23.0 Å². The number of carbonyl (C=O) groups is 2. The molecule has 0 unspecified atom stereocenters. The molecule has 0 spiro atoms. The van der Waals surface area contributed by atoms with E-state index in [-0.39, 0.29) is 29.6 Å². The number of phenols is 2. The molecule has 1 aliphatic rings. The van der Waals surface area contributed by atoms with E-state index in [0.29, 0.717) is 36.7 Å². The topological polar surface area (TPSA) is 102 Å². The zero-order valence-electron chi connectivity index (χ0n) is 21.5. The summed E-state index contributed by atoms with van der Waals surface area (Å²) in [5.74, 6) is 0.967. The van der Waals surface area contributed by atoms with E-state index in [4.69, 9.17) is 14.2 Å². The second kappa shape index (κ2) is 13.2. The molecule has 7 heteroatoms. The van der Waals surface area contributed by atoms with E-state index in [1.807, 2.05) is 12.1 Å². The Morgan fingerprint density at radius 2 is 1.56 bits per heavy atom. The van der Waals surface area contributed by atoms with E-state index < -0.39 is 12.1 Å². The number of aromatic hydroxyl groups is 2. The van der Waals surface area contributed by atoms with Gasteiger partial charge in [-0.25, -0.2) is 0 Å². The lowest BCUT2D eigenvalue weighted by atomic mass is 9.74. The molecule has 0 amide bonds. The molecule has 0 aromatic heterocycles. The Balaban J connectivity index is 1.72. The average molecular weight is 499 g/mol. The number of ketones is 1. The highest BCUT2D eigenvalue weighted by atomic mass is 16.5. The molecule has 0 heterocycles. The summed E-state index contributed by atoms with van der Waals surface area (Å²) in [7, 11) is 3.01. The fourth-order valence-electron chi connectivity index (χ4n) is 5.24. The van der Waals surface area contributed by atoms with E-state index in [1.165, 1.54) is 27.6 Å². The van der Waals surface area contributed by atoms with Crippen molar-refractivity contribution in [1.82, 2.24) is 0 Å². The molecule has 2 aromatic carbocycles. The zero-order chi connectivity index (χ0) is 26.1. The summed E-state index contributed by atoms with van der Waals surface area (Å²) >= 11 is 0. The fraction of sp³-hybridized carbons (Fsp3) is 0.517. The van der Waals surface area contributed by atoms with Gasteiger partial charge < -0.3 is 24.4 Å². The zero-order valence-corrected chi connectivity index (χ0v) is 21.5. The van der Waals surface area contributed by atoms with Crippen molar-refractivity contribution in [1.29, 1.82) is 0 Å². The van der Waals surface area contributed by atoms with Crippen LogP contribution in [0.15, 0.2) is 36.4 Å². The monoisotopic (exact) mass is 498 g/mol. The van der Waals surface area contributed by atoms with Gasteiger partial charge in [0.05, 0.1) is 14.2 Å². The minimum absolute atomic E-state index is 0.0200. The van der Waals surface area contributed by atoms with Crippen LogP contribution in [-0.4, -0.2) is 42.3 Å². The number of Topliss-reactive ketones (excluding diaryl/α,β-unsaturated/α-hetero) is 1. The van der Waals surface area contributed by atoms with Crippen LogP contribution in [0.3, 0.4) is 0 Å². The summed E-state index contributed by atoms with van der Waals surface area (Å²) in [5.41, 5.74) is 1.91. The summed E-state index contributed by atoms with van der Waals surface area (Å²) < 4.78 is 16.0. The quantitative estimate of drug-likeness (QED) is 0.362. The molecule has 196 valence electrons. The summed E-state index contributed by atoms with van der Waals surface area (Å²) in [5, 5.41) is 19.9. The molecule has 2 aromatic rings. The second-order valence-electron chi connectivity index (χ2n) is 9.66. The van der Waals surface area contributed by atoms with Crippen LogP contribution in [0.25, 0.3) is 0 Å². The second-order valence-corrected chi connectivity index (χ2v) is 9.66. The first-order chi connectivity index (χ1) is 17.3. The van der Waals surface area contributed by atoms with Crippen molar-refractivity contribution in [2.24, 2.45) is 5.92 Å². The van der Waals surface area contributed by atoms with Gasteiger partial charge in [0.1, 0.15) is 11.9 Å². The maximum Gasteiger partial charge on any atom is 0.302 e. The minimum atomic E-state index is -0.531. The van der Waals surface area contributed by atoms with Crippen molar-refractivity contribution < 1.29 is 34.0 Å². The van der Waals surface area contributed by atoms with Crippen molar-refractivity contribution in [2.75, 3.05) is 14.2 Å². The van der Waals surface area contributed by atoms with Crippen LogP contribution in [0.1, 0.15) is 75.3 Å². The van der Waals surface area contributed by atoms with Crippen LogP contribution in [0.5, 0.6) is 23.0 Å². The lowest BCUT2D eigenvalue weighted by Crippen LogP contribution is -2.24. The lowest BCUT2D eigenvalue weighted by Gasteiger charge is -2.31. The third-order valence-electron chi connectivity index (χ3n) is 7.09. The highest BCUT2D eigenvalue weighted by Crippen LogP contribution is 2.41. The van der Waals surface area contributed by atoms with Crippen LogP contribution in [0, 0.1) is 5.92 Å². The molecule has 1 saturated carbocycles. The molecular weight excluding hydrogens is 460 g/mol. The SMILES string of the molecule is COc1cc(CC[C@H](CC(=O)C[C@@H](c2ccc(O)c(OC)c2)C2CCCCC2)OC(C)=O)ccc1O. The molecule has 1 aliphatic carbocycles. The Bertz CT molecular complexity index is 1030. The molecule has 0 saturated heterocycles. The number of phenolic OH excluding ortho intramolecular Hbond substituents is 2. The van der Waals surface area contributed by atoms with Crippen LogP contribution in [-0.2, 0) is 20.7 Å². The minimum Gasteiger partial charge on any atom is -0.504 e. The highest BCUT2D eigenvalue weighted by Gasteiger charge is 2.29. The molecule has 3 rings (SSSR count). The Hall–Kier alpha value is -3.22. The van der Waals surface area contributed by atoms with Gasteiger partial charge in [0, 0.05) is 19.8 Å². The lowest BCUT2D eigenvalue weighted by molar-refractivity contribution is -0.147. The van der Waals surface area contributed by atoms with Crippen molar-refractivity contribution in [3.8, 4) is 23.0 Å². The van der Waals surface area contributed by atoms with E-state index in [1.54, 1.807) is 24.3 Å². The first-order valence-corrected chi connectivity index (χ1v) is 12.7. The van der Waals surface area contributed by atoms with Crippen LogP contribution >= 0.6 is 0 Å². The number of hydrogen-bond donors (Lipinski definition) is 2. The van der Waals surface area contributed by atoms with E-state index in [2.05, 4.69) is 0 Å². The van der Waals surface area contributed by atoms with Gasteiger partial charge in [0.2, 0.25) is 0 Å². The van der Waals surface area contributed by atoms with Gasteiger partial charge in [-0.1, -0.05) is 31.4 Å². The Morgan fingerprint density at radius 3 is 2.19 bits per heavy atom. The molecule has 1 fully saturated rings. The van der Waals surface area contributed by atoms with E-state index >= 15 is 0 Å². The van der Waals surface area contributed by atoms with Crippen molar-refractivity contribution in [2.45, 2.75) is 76.7 Å². The molecule has 7 nitrogen and oxygen atoms in total. The first kappa shape index (κ1) is 27.4. The normalized spacial score (nSPS) is 15.6. The molecule has 2 atom stereocenters. The Kier molecular flexibility index (Phi) is 10.0. The number of aryl methyl sites for hydroxylation is 1. The number of carbonyl (C=O) groups excluding carboxylic acids is 2. The largest absolute Gasteiger partial charge is 0.504 e. The summed E-state index contributed by atoms with van der Waals surface area (Å²) in [6.45, 7) is 1.36. The number of ether oxygens (including phenoxy) is 3. The first-order valence-electron chi connectivity index (χ1n) is 12.7. The summed E-state index contributed by atoms with van der Waals surface area (Å²) in [6.07, 6.45) is 6.67. The number of esters is 1. The highest BCUT2D eigenvalue weighted by molar-refractivity contribution is 5.80. The third kappa shape index (κ3) is 7.64. The van der Waals surface area contributed by atoms with Crippen LogP contribution in [0.2, 0.25) is 0 Å². The smallest absolute Gasteiger partial charge is 0.302 e. The van der Waals surface area contributed by atoms with Gasteiger partial charge in [-0.05, 0) is 72.9 Å². The van der Waals surface area contributed by atoms with Crippen molar-refractivity contribution in [3.63, 3.8) is 0 Å². The third-order valence-corrected chi connectivity index (χ3v) is 7.09. The number of rotatable bonds is 12. The Labute approximate surface area is 213 Å².